The molecule has 3 aromatic rings. The van der Waals surface area contributed by atoms with Crippen molar-refractivity contribution >= 4 is 29.1 Å². The Balaban J connectivity index is 1.25. The van der Waals surface area contributed by atoms with Crippen LogP contribution < -0.4 is 15.9 Å². The number of methoxy groups -OCH3 is 1. The quantitative estimate of drug-likeness (QED) is 0.0480. The molecule has 0 aromatic heterocycles. The van der Waals surface area contributed by atoms with Crippen LogP contribution in [0.3, 0.4) is 0 Å². The van der Waals surface area contributed by atoms with E-state index in [0.29, 0.717) is 19.5 Å². The van der Waals surface area contributed by atoms with E-state index in [2.05, 4.69) is 103 Å². The van der Waals surface area contributed by atoms with Crippen LogP contribution in [0.25, 0.3) is 0 Å². The topological polar surface area (TPSA) is 171 Å². The molecule has 14 heteroatoms. The number of unbranched alkanes of at least 4 members (excludes halogenated alkanes) is 5. The van der Waals surface area contributed by atoms with Gasteiger partial charge < -0.3 is 49.0 Å². The van der Waals surface area contributed by atoms with Crippen LogP contribution in [0.4, 0.5) is 0 Å². The molecule has 18 atom stereocenters. The van der Waals surface area contributed by atoms with Crippen LogP contribution >= 0.6 is 7.26 Å². The third-order valence-electron chi connectivity index (χ3n) is 18.4. The van der Waals surface area contributed by atoms with Crippen molar-refractivity contribution in [2.45, 2.75) is 217 Å². The van der Waals surface area contributed by atoms with Gasteiger partial charge in [-0.2, -0.15) is 0 Å². The van der Waals surface area contributed by atoms with E-state index in [4.69, 9.17) is 23.7 Å². The number of rotatable bonds is 18. The summed E-state index contributed by atoms with van der Waals surface area (Å²) in [6.07, 6.45) is 0.551. The predicted octanol–water partition coefficient (Wildman–Crippen LogP) is 7.61. The zero-order chi connectivity index (χ0) is 56.5. The molecule has 3 fully saturated rings. The smallest absolute Gasteiger partial charge is 0.384 e. The summed E-state index contributed by atoms with van der Waals surface area (Å²) >= 11 is 0. The van der Waals surface area contributed by atoms with Crippen molar-refractivity contribution in [2.24, 2.45) is 23.7 Å². The molecule has 0 saturated carbocycles. The van der Waals surface area contributed by atoms with Crippen LogP contribution in [0.5, 0.6) is 0 Å². The van der Waals surface area contributed by atoms with E-state index in [0.717, 1.165) is 44.7 Å². The summed E-state index contributed by atoms with van der Waals surface area (Å²) in [5.41, 5.74) is -4.42. The number of hydrogen-bond donors (Lipinski definition) is 5. The molecule has 3 aromatic carbocycles. The van der Waals surface area contributed by atoms with E-state index >= 15 is 0 Å². The molecule has 3 aliphatic rings. The molecule has 3 heterocycles. The van der Waals surface area contributed by atoms with Gasteiger partial charge in [-0.1, -0.05) is 20.8 Å². The molecule has 13 nitrogen and oxygen atoms in total. The van der Waals surface area contributed by atoms with Gasteiger partial charge in [-0.15, -0.1) is 0 Å². The number of nitrogens with zero attached hydrogens (tertiary/aromatic N) is 2. The first-order chi connectivity index (χ1) is 36.4. The Bertz CT molecular complexity index is 2130. The fourth-order valence-corrected chi connectivity index (χ4v) is 18.9. The fraction of sp³-hybridized carbons (Fsp3) is 0.698. The average Bonchev–Trinajstić information content (AvgIpc) is 3.44. The van der Waals surface area contributed by atoms with E-state index in [-0.39, 0.29) is 37.3 Å². The zero-order valence-corrected chi connectivity index (χ0v) is 50.1. The van der Waals surface area contributed by atoms with Crippen LogP contribution in [-0.2, 0) is 28.5 Å². The summed E-state index contributed by atoms with van der Waals surface area (Å²) in [4.78, 5) is 19.0. The number of cyclic esters (lactones) is 1. The normalized spacial score (nSPS) is 37.6. The first kappa shape index (κ1) is 63.3. The summed E-state index contributed by atoms with van der Waals surface area (Å²) < 4.78 is 32.4. The Kier molecular flexibility index (Phi) is 22.8. The molecule has 1 unspecified atom stereocenters. The number of likely N-dealkylation sites (N-methyl/N-ethyl adjacent to an activating group) is 1. The minimum atomic E-state index is -2.31. The second kappa shape index (κ2) is 27.7. The minimum absolute atomic E-state index is 0.157. The number of ether oxygens (including phenoxy) is 5. The van der Waals surface area contributed by atoms with Gasteiger partial charge in [0.15, 0.2) is 6.29 Å². The Labute approximate surface area is 463 Å². The number of carbonyl (C=O) groups excluding carboxylic acids is 1. The Morgan fingerprint density at radius 3 is 1.79 bits per heavy atom. The summed E-state index contributed by atoms with van der Waals surface area (Å²) in [7, 11) is 3.08. The van der Waals surface area contributed by atoms with E-state index < -0.39 is 103 Å². The Morgan fingerprint density at radius 1 is 0.740 bits per heavy atom. The van der Waals surface area contributed by atoms with Crippen molar-refractivity contribution in [2.75, 3.05) is 40.5 Å². The standard InChI is InChI=1S/C63H101N2O11P/c1-14-53-63(10,71)56(67)46(6)65(36-28-17-15-16-18-29-37-77(48-30-22-19-23-31-48,49-32-24-20-25-33-49)50-34-26-21-27-35-50)41-42(2)39-61(8,70)58(76-60-55(66)51(64(11)12)38-43(3)73-60)44(4)54(45(5)59(69)75-53)52-40-62(9,72-13)57(68)47(7)74-52/h19-27,30-35,42-47,51-58,60,66-68,70-71,77H,14-18,28-29,36-41H2,1-13H3/t42-,43-,44+,45-,46-,47+,51+,52?,53-,54+,55-,56-,57+,58-,60+,61-,62-,63-/m1/s1. The van der Waals surface area contributed by atoms with Crippen LogP contribution in [-0.4, -0.2) is 166 Å². The molecule has 0 aliphatic carbocycles. The van der Waals surface area contributed by atoms with Gasteiger partial charge in [0, 0.05) is 25.5 Å². The van der Waals surface area contributed by atoms with Crippen molar-refractivity contribution in [3.05, 3.63) is 91.0 Å². The maximum atomic E-state index is 14.8. The molecule has 3 aliphatic heterocycles. The summed E-state index contributed by atoms with van der Waals surface area (Å²) in [5, 5.41) is 65.4. The van der Waals surface area contributed by atoms with E-state index in [9.17, 15) is 30.3 Å². The van der Waals surface area contributed by atoms with Crippen LogP contribution in [0.1, 0.15) is 133 Å². The SMILES string of the molecule is CC[C@H]1OC(=O)[C@H](C)[C@@H](C2C[C@@](C)(OC)[C@@H](O)[C@H](C)O2)[C@H](C)[C@@H](O[C@@H]2O[C@H](C)C[C@H](N(C)C)[C@H]2O)[C@](C)(O)C[C@@H](C)CN(CCCCCCCC[PH](c2ccccc2)(c2ccccc2)c2ccccc2)[C@H](C)[C@@H](O)[C@]1(C)O. The molecule has 3 saturated heterocycles. The number of esters is 1. The number of hydrogen-bond acceptors (Lipinski definition) is 13. The van der Waals surface area contributed by atoms with Crippen LogP contribution in [0.2, 0.25) is 0 Å². The van der Waals surface area contributed by atoms with E-state index in [1.807, 2.05) is 53.6 Å². The van der Waals surface area contributed by atoms with E-state index in [1.165, 1.54) is 15.9 Å². The average molecular weight is 1090 g/mol. The molecule has 0 amide bonds. The zero-order valence-electron chi connectivity index (χ0n) is 49.1. The van der Waals surface area contributed by atoms with Crippen molar-refractivity contribution in [3.63, 3.8) is 0 Å². The molecule has 0 bridgehead atoms. The first-order valence-corrected chi connectivity index (χ1v) is 31.4. The molecular formula is C63H101N2O11P. The van der Waals surface area contributed by atoms with Gasteiger partial charge in [-0.05, 0) is 67.5 Å². The number of carbonyl (C=O) groups is 1. The molecule has 6 rings (SSSR count). The monoisotopic (exact) mass is 1090 g/mol. The van der Waals surface area contributed by atoms with Crippen molar-refractivity contribution in [1.82, 2.24) is 9.80 Å². The molecule has 5 N–H and O–H groups in total. The number of aliphatic hydroxyl groups is 5. The third kappa shape index (κ3) is 14.8. The molecule has 0 spiro atoms. The predicted molar refractivity (Wildman–Crippen MR) is 311 cm³/mol. The summed E-state index contributed by atoms with van der Waals surface area (Å²) in [6, 6.07) is 32.5. The number of benzene rings is 3. The van der Waals surface area contributed by atoms with Gasteiger partial charge in [0.05, 0.1) is 41.5 Å². The summed E-state index contributed by atoms with van der Waals surface area (Å²) in [6.45, 7) is 19.6. The van der Waals surface area contributed by atoms with Gasteiger partial charge >= 0.3 is 232 Å². The number of aliphatic hydroxyl groups excluding tert-OH is 3. The van der Waals surface area contributed by atoms with Gasteiger partial charge in [0.1, 0.15) is 18.3 Å². The van der Waals surface area contributed by atoms with Crippen molar-refractivity contribution < 1.29 is 54.0 Å². The first-order valence-electron chi connectivity index (χ1n) is 29.2. The van der Waals surface area contributed by atoms with Crippen molar-refractivity contribution in [3.8, 4) is 0 Å². The van der Waals surface area contributed by atoms with E-state index in [1.54, 1.807) is 34.8 Å². The second-order valence-electron chi connectivity index (χ2n) is 24.7. The maximum absolute atomic E-state index is 14.8. The third-order valence-corrected chi connectivity index (χ3v) is 23.5. The fourth-order valence-electron chi connectivity index (χ4n) is 14.0. The van der Waals surface area contributed by atoms with Gasteiger partial charge in [-0.3, -0.25) is 4.79 Å². The molecule has 77 heavy (non-hydrogen) atoms. The van der Waals surface area contributed by atoms with Crippen molar-refractivity contribution in [1.29, 1.82) is 0 Å². The molecular weight excluding hydrogens is 992 g/mol. The molecule has 0 radical (unpaired) electrons. The van der Waals surface area contributed by atoms with Gasteiger partial charge in [0.2, 0.25) is 0 Å². The second-order valence-corrected chi connectivity index (χ2v) is 28.7. The Morgan fingerprint density at radius 2 is 1.27 bits per heavy atom. The van der Waals surface area contributed by atoms with Crippen LogP contribution in [0, 0.1) is 23.7 Å². The van der Waals surface area contributed by atoms with Gasteiger partial charge in [-0.25, -0.2) is 0 Å². The van der Waals surface area contributed by atoms with Crippen LogP contribution in [0.15, 0.2) is 91.0 Å². The van der Waals surface area contributed by atoms with Gasteiger partial charge in [0.25, 0.3) is 0 Å². The Hall–Kier alpha value is -2.88. The summed E-state index contributed by atoms with van der Waals surface area (Å²) in [5.74, 6) is -2.99. The molecule has 434 valence electrons. The minimum Gasteiger partial charge on any atom is -0.384 e.